The first-order chi connectivity index (χ1) is 17.4. The molecule has 4 saturated carbocycles. The van der Waals surface area contributed by atoms with Gasteiger partial charge in [0, 0.05) is 34.2 Å². The molecule has 4 bridgehead atoms. The lowest BCUT2D eigenvalue weighted by molar-refractivity contribution is -0.126. The largest absolute Gasteiger partial charge is 0.495 e. The van der Waals surface area contributed by atoms with Crippen LogP contribution >= 0.6 is 0 Å². The average Bonchev–Trinajstić information content (AvgIpc) is 3.35. The summed E-state index contributed by atoms with van der Waals surface area (Å²) in [7, 11) is 1.64. The van der Waals surface area contributed by atoms with E-state index in [9.17, 15) is 4.79 Å². The molecular weight excluding hydrogens is 452 g/mol. The summed E-state index contributed by atoms with van der Waals surface area (Å²) >= 11 is 0. The number of hydrogen-bond donors (Lipinski definition) is 1. The van der Waals surface area contributed by atoms with Crippen molar-refractivity contribution in [3.63, 3.8) is 0 Å². The molecule has 4 aliphatic carbocycles. The summed E-state index contributed by atoms with van der Waals surface area (Å²) in [5.41, 5.74) is 4.72. The number of hydrogen-bond acceptors (Lipinski definition) is 5. The Morgan fingerprint density at radius 2 is 1.86 bits per heavy atom. The molecular formula is C30H32N2O4. The first-order valence-electron chi connectivity index (χ1n) is 13.1. The second-order valence-corrected chi connectivity index (χ2v) is 11.8. The molecule has 1 amide bonds. The summed E-state index contributed by atoms with van der Waals surface area (Å²) in [6.07, 6.45) is 7.56. The van der Waals surface area contributed by atoms with Gasteiger partial charge in [-0.15, -0.1) is 0 Å². The van der Waals surface area contributed by atoms with Crippen LogP contribution < -0.4 is 10.1 Å². The van der Waals surface area contributed by atoms with Gasteiger partial charge in [-0.05, 0) is 81.8 Å². The maximum Gasteiger partial charge on any atom is 0.225 e. The van der Waals surface area contributed by atoms with Crippen LogP contribution in [-0.4, -0.2) is 18.2 Å². The predicted octanol–water partition coefficient (Wildman–Crippen LogP) is 7.07. The van der Waals surface area contributed by atoms with Crippen LogP contribution in [0.2, 0.25) is 0 Å². The van der Waals surface area contributed by atoms with Crippen LogP contribution in [0.1, 0.15) is 62.0 Å². The fourth-order valence-electron chi connectivity index (χ4n) is 8.74. The number of aromatic nitrogens is 1. The van der Waals surface area contributed by atoms with Gasteiger partial charge in [0.2, 0.25) is 5.91 Å². The third-order valence-corrected chi connectivity index (χ3v) is 9.25. The Morgan fingerprint density at radius 3 is 2.58 bits per heavy atom. The number of ether oxygens (including phenoxy) is 1. The normalized spacial score (nSPS) is 28.8. The summed E-state index contributed by atoms with van der Waals surface area (Å²) in [5.74, 6) is 3.01. The average molecular weight is 485 g/mol. The molecule has 2 heterocycles. The lowest BCUT2D eigenvalue weighted by Crippen LogP contribution is -2.55. The lowest BCUT2D eigenvalue weighted by atomic mass is 9.42. The number of furan rings is 1. The minimum atomic E-state index is 0.0288. The Morgan fingerprint density at radius 1 is 1.08 bits per heavy atom. The molecule has 8 rings (SSSR count). The van der Waals surface area contributed by atoms with Crippen LogP contribution in [0.25, 0.3) is 21.9 Å². The van der Waals surface area contributed by atoms with E-state index in [1.807, 2.05) is 43.3 Å². The minimum absolute atomic E-state index is 0.0288. The molecule has 186 valence electrons. The van der Waals surface area contributed by atoms with Gasteiger partial charge in [0.05, 0.1) is 18.5 Å². The third kappa shape index (κ3) is 3.23. The van der Waals surface area contributed by atoms with Crippen molar-refractivity contribution in [2.75, 3.05) is 12.4 Å². The third-order valence-electron chi connectivity index (χ3n) is 9.25. The number of rotatable bonds is 5. The van der Waals surface area contributed by atoms with Crippen LogP contribution in [0.15, 0.2) is 45.3 Å². The number of nitrogens with one attached hydrogen (secondary N) is 1. The summed E-state index contributed by atoms with van der Waals surface area (Å²) in [5, 5.41) is 9.52. The Bertz CT molecular complexity index is 1480. The molecule has 36 heavy (non-hydrogen) atoms. The first-order valence-corrected chi connectivity index (χ1v) is 13.1. The van der Waals surface area contributed by atoms with Crippen LogP contribution in [-0.2, 0) is 10.2 Å². The van der Waals surface area contributed by atoms with Gasteiger partial charge in [-0.2, -0.15) is 0 Å². The Hall–Kier alpha value is -3.28. The van der Waals surface area contributed by atoms with E-state index >= 15 is 0 Å². The Labute approximate surface area is 210 Å². The van der Waals surface area contributed by atoms with E-state index < -0.39 is 0 Å². The fourth-order valence-corrected chi connectivity index (χ4v) is 8.74. The van der Waals surface area contributed by atoms with Crippen molar-refractivity contribution in [3.05, 3.63) is 53.4 Å². The second kappa shape index (κ2) is 7.61. The topological polar surface area (TPSA) is 77.5 Å². The van der Waals surface area contributed by atoms with E-state index in [2.05, 4.69) is 17.4 Å². The van der Waals surface area contributed by atoms with Crippen LogP contribution in [0.3, 0.4) is 0 Å². The minimum Gasteiger partial charge on any atom is -0.495 e. The molecule has 6 heteroatoms. The molecule has 0 spiro atoms. The number of carbonyl (C=O) groups excluding carboxylic acids is 1. The van der Waals surface area contributed by atoms with Crippen LogP contribution in [0, 0.1) is 31.1 Å². The van der Waals surface area contributed by atoms with Gasteiger partial charge in [0.1, 0.15) is 22.7 Å². The zero-order valence-corrected chi connectivity index (χ0v) is 21.1. The summed E-state index contributed by atoms with van der Waals surface area (Å²) < 4.78 is 17.4. The number of carbonyl (C=O) groups is 1. The number of amides is 1. The highest BCUT2D eigenvalue weighted by molar-refractivity contribution is 6.07. The molecule has 0 saturated heterocycles. The molecule has 6 nitrogen and oxygen atoms in total. The summed E-state index contributed by atoms with van der Waals surface area (Å²) in [4.78, 5) is 13.6. The van der Waals surface area contributed by atoms with Gasteiger partial charge in [-0.1, -0.05) is 23.4 Å². The predicted molar refractivity (Wildman–Crippen MR) is 138 cm³/mol. The fraction of sp³-hybridized carbons (Fsp3) is 0.467. The standard InChI is InChI=1S/C30H32N2O4/c1-17-28(18(2)36-32-17)30-13-19-8-20(14-30)12-29(11-19,16-30)15-27(33)31-23-10-25-22(9-26(23)34-3)21-6-4-5-7-24(21)35-25/h4-7,9-10,19-20H,8,11-16H2,1-3H3,(H,31,33)/t19-,20+,29?,30?. The van der Waals surface area contributed by atoms with E-state index in [1.165, 1.54) is 24.8 Å². The number of nitrogens with zero attached hydrogens (tertiary/aromatic N) is 1. The van der Waals surface area contributed by atoms with Gasteiger partial charge in [-0.25, -0.2) is 0 Å². The molecule has 0 radical (unpaired) electrons. The van der Waals surface area contributed by atoms with E-state index in [-0.39, 0.29) is 16.7 Å². The van der Waals surface area contributed by atoms with Gasteiger partial charge >= 0.3 is 0 Å². The van der Waals surface area contributed by atoms with Gasteiger partial charge in [0.15, 0.2) is 0 Å². The number of aryl methyl sites for hydroxylation is 2. The van der Waals surface area contributed by atoms with Gasteiger partial charge < -0.3 is 19.0 Å². The summed E-state index contributed by atoms with van der Waals surface area (Å²) in [6, 6.07) is 11.8. The molecule has 4 fully saturated rings. The smallest absolute Gasteiger partial charge is 0.225 e. The highest BCUT2D eigenvalue weighted by Crippen LogP contribution is 2.67. The number of para-hydroxylation sites is 1. The van der Waals surface area contributed by atoms with Gasteiger partial charge in [0.25, 0.3) is 0 Å². The van der Waals surface area contributed by atoms with Crippen molar-refractivity contribution in [1.29, 1.82) is 0 Å². The van der Waals surface area contributed by atoms with Crippen molar-refractivity contribution in [1.82, 2.24) is 5.16 Å². The lowest BCUT2D eigenvalue weighted by Gasteiger charge is -2.62. The highest BCUT2D eigenvalue weighted by Gasteiger charge is 2.59. The maximum atomic E-state index is 13.6. The number of fused-ring (bicyclic) bond motifs is 3. The Kier molecular flexibility index (Phi) is 4.64. The zero-order valence-electron chi connectivity index (χ0n) is 21.1. The Balaban J connectivity index is 1.19. The molecule has 4 aliphatic rings. The molecule has 4 atom stereocenters. The van der Waals surface area contributed by atoms with Crippen molar-refractivity contribution in [2.24, 2.45) is 17.3 Å². The molecule has 2 aromatic carbocycles. The quantitative estimate of drug-likeness (QED) is 0.328. The van der Waals surface area contributed by atoms with Crippen molar-refractivity contribution in [2.45, 2.75) is 64.2 Å². The second-order valence-electron chi connectivity index (χ2n) is 11.8. The zero-order chi connectivity index (χ0) is 24.7. The van der Waals surface area contributed by atoms with Crippen molar-refractivity contribution in [3.8, 4) is 5.75 Å². The first kappa shape index (κ1) is 22.0. The molecule has 4 aromatic rings. The SMILES string of the molecule is COc1cc2c(cc1NC(=O)CC13C[C@H]4C[C@@H](C1)CC(c1c(C)noc1C)(C4)C3)oc1ccccc12. The van der Waals surface area contributed by atoms with Crippen molar-refractivity contribution >= 4 is 33.5 Å². The van der Waals surface area contributed by atoms with E-state index in [0.717, 1.165) is 52.7 Å². The molecule has 2 unspecified atom stereocenters. The molecule has 0 aliphatic heterocycles. The number of methoxy groups -OCH3 is 1. The van der Waals surface area contributed by atoms with Crippen LogP contribution in [0.5, 0.6) is 5.75 Å². The maximum absolute atomic E-state index is 13.6. The summed E-state index contributed by atoms with van der Waals surface area (Å²) in [6.45, 7) is 4.12. The van der Waals surface area contributed by atoms with E-state index in [4.69, 9.17) is 13.7 Å². The van der Waals surface area contributed by atoms with E-state index in [1.54, 1.807) is 7.11 Å². The van der Waals surface area contributed by atoms with Crippen molar-refractivity contribution < 1.29 is 18.5 Å². The highest BCUT2D eigenvalue weighted by atomic mass is 16.5. The van der Waals surface area contributed by atoms with E-state index in [0.29, 0.717) is 29.7 Å². The van der Waals surface area contributed by atoms with Gasteiger partial charge in [-0.3, -0.25) is 4.79 Å². The molecule has 1 N–H and O–H groups in total. The molecule has 2 aromatic heterocycles. The monoisotopic (exact) mass is 484 g/mol. The van der Waals surface area contributed by atoms with Crippen LogP contribution in [0.4, 0.5) is 5.69 Å². The number of anilines is 1. The number of benzene rings is 2.